The summed E-state index contributed by atoms with van der Waals surface area (Å²) in [5, 5.41) is 0.162. The van der Waals surface area contributed by atoms with Crippen molar-refractivity contribution in [3.8, 4) is 0 Å². The lowest BCUT2D eigenvalue weighted by Gasteiger charge is -2.28. The lowest BCUT2D eigenvalue weighted by atomic mass is 10.1. The summed E-state index contributed by atoms with van der Waals surface area (Å²) in [6.45, 7) is 1.53. The molecule has 22 heavy (non-hydrogen) atoms. The molecule has 0 aromatic carbocycles. The minimum atomic E-state index is 0.0728. The number of likely N-dealkylation sites (N-methyl/N-ethyl adjacent to an activating group) is 1. The van der Waals surface area contributed by atoms with Crippen LogP contribution in [0, 0.1) is 0 Å². The van der Waals surface area contributed by atoms with Crippen LogP contribution in [0.3, 0.4) is 0 Å². The van der Waals surface area contributed by atoms with Crippen LogP contribution in [0.2, 0.25) is 0 Å². The van der Waals surface area contributed by atoms with Crippen LogP contribution in [0.4, 0.5) is 0 Å². The zero-order valence-corrected chi connectivity index (χ0v) is 15.5. The highest BCUT2D eigenvalue weighted by Crippen LogP contribution is 2.34. The van der Waals surface area contributed by atoms with Gasteiger partial charge in [-0.3, -0.25) is 9.59 Å². The van der Waals surface area contributed by atoms with E-state index >= 15 is 0 Å². The Labute approximate surface area is 145 Å². The van der Waals surface area contributed by atoms with E-state index in [1.165, 1.54) is 12.8 Å². The molecule has 0 aromatic heterocycles. The smallest absolute Gasteiger partial charge is 0.245 e. The Bertz CT molecular complexity index is 423. The molecule has 2 unspecified atom stereocenters. The maximum absolute atomic E-state index is 12.6. The largest absolute Gasteiger partial charge is 0.340 e. The van der Waals surface area contributed by atoms with E-state index in [0.29, 0.717) is 5.91 Å². The summed E-state index contributed by atoms with van der Waals surface area (Å²) < 4.78 is 0.0728. The summed E-state index contributed by atoms with van der Waals surface area (Å²) in [6, 6.07) is 0.201. The normalized spacial score (nSPS) is 29.8. The average Bonchev–Trinajstić information content (AvgIpc) is 3.25. The van der Waals surface area contributed by atoms with Crippen molar-refractivity contribution in [2.45, 2.75) is 41.6 Å². The van der Waals surface area contributed by atoms with Crippen molar-refractivity contribution in [3.63, 3.8) is 0 Å². The Morgan fingerprint density at radius 3 is 2.50 bits per heavy atom. The van der Waals surface area contributed by atoms with Crippen molar-refractivity contribution < 1.29 is 9.59 Å². The van der Waals surface area contributed by atoms with Gasteiger partial charge in [0.2, 0.25) is 11.8 Å². The Hall–Kier alpha value is -0.0100. The molecule has 0 spiro atoms. The molecule has 2 atom stereocenters. The fraction of sp³-hybridized carbons (Fsp3) is 0.867. The van der Waals surface area contributed by atoms with E-state index < -0.39 is 0 Å². The summed E-state index contributed by atoms with van der Waals surface area (Å²) in [5.41, 5.74) is 0. The first kappa shape index (κ1) is 16.8. The molecule has 124 valence electrons. The summed E-state index contributed by atoms with van der Waals surface area (Å²) in [7, 11) is 1.91. The number of nitrogens with zero attached hydrogens (tertiary/aromatic N) is 2. The first-order valence-electron chi connectivity index (χ1n) is 8.07. The summed E-state index contributed by atoms with van der Waals surface area (Å²) >= 11 is 5.33. The molecule has 3 aliphatic heterocycles. The van der Waals surface area contributed by atoms with Crippen molar-refractivity contribution >= 4 is 47.1 Å². The third-order valence-corrected chi connectivity index (χ3v) is 8.98. The maximum atomic E-state index is 12.6. The van der Waals surface area contributed by atoms with Gasteiger partial charge in [0.25, 0.3) is 0 Å². The fourth-order valence-electron chi connectivity index (χ4n) is 3.24. The van der Waals surface area contributed by atoms with Gasteiger partial charge in [0.1, 0.15) is 4.58 Å². The average molecular weight is 361 g/mol. The van der Waals surface area contributed by atoms with Gasteiger partial charge in [-0.2, -0.15) is 0 Å². The molecule has 0 radical (unpaired) electrons. The highest BCUT2D eigenvalue weighted by Gasteiger charge is 2.37. The molecule has 0 bridgehead atoms. The Morgan fingerprint density at radius 1 is 1.05 bits per heavy atom. The quantitative estimate of drug-likeness (QED) is 0.771. The number of hydrogen-bond acceptors (Lipinski definition) is 5. The van der Waals surface area contributed by atoms with Crippen molar-refractivity contribution in [2.24, 2.45) is 0 Å². The van der Waals surface area contributed by atoms with Gasteiger partial charge >= 0.3 is 0 Å². The molecule has 3 aliphatic rings. The summed E-state index contributed by atoms with van der Waals surface area (Å²) in [6.07, 6.45) is 4.36. The molecule has 2 amide bonds. The molecular weight excluding hydrogens is 336 g/mol. The van der Waals surface area contributed by atoms with Crippen molar-refractivity contribution in [3.05, 3.63) is 0 Å². The third kappa shape index (κ3) is 3.73. The Kier molecular flexibility index (Phi) is 5.90. The van der Waals surface area contributed by atoms with Crippen LogP contribution in [0.15, 0.2) is 0 Å². The molecular formula is C15H24N2O2S3. The monoisotopic (exact) mass is 360 g/mol. The highest BCUT2D eigenvalue weighted by atomic mass is 32.2. The first-order chi connectivity index (χ1) is 10.7. The summed E-state index contributed by atoms with van der Waals surface area (Å²) in [5.74, 6) is 3.80. The van der Waals surface area contributed by atoms with Crippen LogP contribution in [0.5, 0.6) is 0 Å². The topological polar surface area (TPSA) is 40.6 Å². The zero-order chi connectivity index (χ0) is 15.5. The van der Waals surface area contributed by atoms with Crippen LogP contribution in [-0.2, 0) is 9.59 Å². The van der Waals surface area contributed by atoms with E-state index in [2.05, 4.69) is 0 Å². The molecule has 0 saturated carbocycles. The predicted molar refractivity (Wildman–Crippen MR) is 96.6 cm³/mol. The first-order valence-corrected chi connectivity index (χ1v) is 11.2. The second-order valence-electron chi connectivity index (χ2n) is 6.10. The van der Waals surface area contributed by atoms with E-state index in [1.807, 2.05) is 28.6 Å². The van der Waals surface area contributed by atoms with Crippen LogP contribution in [-0.4, -0.2) is 74.9 Å². The number of hydrogen-bond donors (Lipinski definition) is 0. The van der Waals surface area contributed by atoms with Crippen LogP contribution >= 0.6 is 35.3 Å². The van der Waals surface area contributed by atoms with Gasteiger partial charge < -0.3 is 9.80 Å². The fourth-order valence-corrected chi connectivity index (χ4v) is 7.30. The lowest BCUT2D eigenvalue weighted by molar-refractivity contribution is -0.132. The standard InChI is InChI=1S/C15H24N2O2S3/c1-16(14(19)15-21-8-9-22-15)11-5-6-17(10-11)13(18)12-4-2-3-7-20-12/h11-12,15H,2-10H2,1H3. The molecule has 0 aromatic rings. The number of thioether (sulfide) groups is 3. The number of carbonyl (C=O) groups is 2. The Morgan fingerprint density at radius 2 is 1.82 bits per heavy atom. The van der Waals surface area contributed by atoms with E-state index in [0.717, 1.165) is 43.2 Å². The van der Waals surface area contributed by atoms with Crippen molar-refractivity contribution in [1.29, 1.82) is 0 Å². The number of amides is 2. The van der Waals surface area contributed by atoms with Crippen molar-refractivity contribution in [1.82, 2.24) is 9.80 Å². The number of rotatable bonds is 3. The number of likely N-dealkylation sites (tertiary alicyclic amines) is 1. The highest BCUT2D eigenvalue weighted by molar-refractivity contribution is 8.21. The molecule has 4 nitrogen and oxygen atoms in total. The summed E-state index contributed by atoms with van der Waals surface area (Å²) in [4.78, 5) is 29.0. The molecule has 0 N–H and O–H groups in total. The van der Waals surface area contributed by atoms with Gasteiger partial charge in [-0.25, -0.2) is 0 Å². The second kappa shape index (κ2) is 7.71. The molecule has 3 fully saturated rings. The Balaban J connectivity index is 1.52. The van der Waals surface area contributed by atoms with Crippen LogP contribution < -0.4 is 0 Å². The van der Waals surface area contributed by atoms with E-state index in [9.17, 15) is 9.59 Å². The third-order valence-electron chi connectivity index (χ3n) is 4.65. The van der Waals surface area contributed by atoms with Crippen LogP contribution in [0.25, 0.3) is 0 Å². The van der Waals surface area contributed by atoms with Gasteiger partial charge in [0, 0.05) is 31.6 Å². The minimum absolute atomic E-state index is 0.0728. The minimum Gasteiger partial charge on any atom is -0.340 e. The second-order valence-corrected chi connectivity index (χ2v) is 10.1. The zero-order valence-electron chi connectivity index (χ0n) is 13.0. The molecule has 0 aliphatic carbocycles. The van der Waals surface area contributed by atoms with Crippen LogP contribution in [0.1, 0.15) is 25.7 Å². The van der Waals surface area contributed by atoms with E-state index in [1.54, 1.807) is 23.5 Å². The van der Waals surface area contributed by atoms with Crippen molar-refractivity contribution in [2.75, 3.05) is 37.4 Å². The molecule has 7 heteroatoms. The molecule has 3 heterocycles. The number of carbonyl (C=O) groups excluding carboxylic acids is 2. The predicted octanol–water partition coefficient (Wildman–Crippen LogP) is 2.14. The molecule has 3 saturated heterocycles. The van der Waals surface area contributed by atoms with Gasteiger partial charge in [-0.15, -0.1) is 35.3 Å². The lowest BCUT2D eigenvalue weighted by Crippen LogP contribution is -2.44. The van der Waals surface area contributed by atoms with Gasteiger partial charge in [-0.05, 0) is 25.0 Å². The molecule has 3 rings (SSSR count). The van der Waals surface area contributed by atoms with Gasteiger partial charge in [0.15, 0.2) is 0 Å². The van der Waals surface area contributed by atoms with E-state index in [-0.39, 0.29) is 21.8 Å². The van der Waals surface area contributed by atoms with Gasteiger partial charge in [-0.1, -0.05) is 6.42 Å². The SMILES string of the molecule is CN(C(=O)C1SCCS1)C1CCN(C(=O)C2CCCCS2)C1. The van der Waals surface area contributed by atoms with Gasteiger partial charge in [0.05, 0.1) is 11.3 Å². The van der Waals surface area contributed by atoms with E-state index in [4.69, 9.17) is 0 Å². The maximum Gasteiger partial charge on any atom is 0.245 e.